The minimum Gasteiger partial charge on any atom is -0.326 e. The molecule has 1 aromatic rings. The third kappa shape index (κ3) is 4.07. The van der Waals surface area contributed by atoms with Crippen LogP contribution in [-0.2, 0) is 11.2 Å². The topological polar surface area (TPSA) is 41.1 Å². The van der Waals surface area contributed by atoms with Crippen LogP contribution in [0.3, 0.4) is 0 Å². The van der Waals surface area contributed by atoms with E-state index in [1.807, 2.05) is 0 Å². The van der Waals surface area contributed by atoms with E-state index in [-0.39, 0.29) is 5.91 Å². The molecule has 0 radical (unpaired) electrons. The Hall–Kier alpha value is -1.35. The first-order chi connectivity index (χ1) is 9.70. The quantitative estimate of drug-likeness (QED) is 0.865. The Morgan fingerprint density at radius 2 is 2.30 bits per heavy atom. The maximum atomic E-state index is 12.1. The second-order valence-electron chi connectivity index (χ2n) is 5.76. The third-order valence-electron chi connectivity index (χ3n) is 4.18. The van der Waals surface area contributed by atoms with Crippen molar-refractivity contribution in [3.63, 3.8) is 0 Å². The smallest absolute Gasteiger partial charge is 0.224 e. The first kappa shape index (κ1) is 15.0. The number of benzene rings is 1. The van der Waals surface area contributed by atoms with Gasteiger partial charge in [0, 0.05) is 12.1 Å². The lowest BCUT2D eigenvalue weighted by molar-refractivity contribution is -0.116. The number of rotatable bonds is 5. The number of para-hydroxylation sites is 1. The Labute approximate surface area is 122 Å². The summed E-state index contributed by atoms with van der Waals surface area (Å²) in [6, 6.07) is 6.20. The molecule has 1 atom stereocenters. The van der Waals surface area contributed by atoms with Gasteiger partial charge in [-0.1, -0.05) is 25.1 Å². The van der Waals surface area contributed by atoms with Crippen LogP contribution in [0.5, 0.6) is 0 Å². The molecule has 1 heterocycles. The summed E-state index contributed by atoms with van der Waals surface area (Å²) in [4.78, 5) is 12.1. The fourth-order valence-electron chi connectivity index (χ4n) is 2.91. The first-order valence-corrected chi connectivity index (χ1v) is 7.79. The molecule has 0 aliphatic carbocycles. The molecule has 0 saturated carbocycles. The zero-order valence-electron chi connectivity index (χ0n) is 12.7. The Morgan fingerprint density at radius 3 is 3.00 bits per heavy atom. The van der Waals surface area contributed by atoms with Crippen LogP contribution in [0.15, 0.2) is 18.2 Å². The number of amides is 1. The van der Waals surface area contributed by atoms with E-state index in [0.717, 1.165) is 37.2 Å². The average Bonchev–Trinajstić information content (AvgIpc) is 2.48. The highest BCUT2D eigenvalue weighted by atomic mass is 16.1. The summed E-state index contributed by atoms with van der Waals surface area (Å²) in [5, 5.41) is 6.51. The van der Waals surface area contributed by atoms with E-state index in [2.05, 4.69) is 42.7 Å². The predicted molar refractivity (Wildman–Crippen MR) is 84.0 cm³/mol. The number of carbonyl (C=O) groups excluding carboxylic acids is 1. The Kier molecular flexibility index (Phi) is 5.60. The van der Waals surface area contributed by atoms with Gasteiger partial charge < -0.3 is 10.6 Å². The highest BCUT2D eigenvalue weighted by Gasteiger charge is 2.15. The van der Waals surface area contributed by atoms with Crippen molar-refractivity contribution >= 4 is 11.6 Å². The van der Waals surface area contributed by atoms with Crippen molar-refractivity contribution < 1.29 is 4.79 Å². The fourth-order valence-corrected chi connectivity index (χ4v) is 2.91. The number of nitrogens with one attached hydrogen (secondary N) is 2. The molecule has 2 rings (SSSR count). The molecule has 3 heteroatoms. The summed E-state index contributed by atoms with van der Waals surface area (Å²) in [7, 11) is 0. The molecule has 20 heavy (non-hydrogen) atoms. The van der Waals surface area contributed by atoms with Crippen molar-refractivity contribution in [2.24, 2.45) is 5.92 Å². The highest BCUT2D eigenvalue weighted by Crippen LogP contribution is 2.22. The molecule has 1 aromatic carbocycles. The van der Waals surface area contributed by atoms with Crippen LogP contribution in [0.25, 0.3) is 0 Å². The van der Waals surface area contributed by atoms with Crippen molar-refractivity contribution in [1.29, 1.82) is 0 Å². The summed E-state index contributed by atoms with van der Waals surface area (Å²) in [6.45, 7) is 6.38. The molecular weight excluding hydrogens is 248 g/mol. The summed E-state index contributed by atoms with van der Waals surface area (Å²) in [5.74, 6) is 0.816. The van der Waals surface area contributed by atoms with Gasteiger partial charge in [-0.15, -0.1) is 0 Å². The van der Waals surface area contributed by atoms with E-state index in [4.69, 9.17) is 0 Å². The number of hydrogen-bond acceptors (Lipinski definition) is 2. The molecular formula is C17H26N2O. The summed E-state index contributed by atoms with van der Waals surface area (Å²) in [5.41, 5.74) is 3.39. The minimum atomic E-state index is 0.152. The largest absolute Gasteiger partial charge is 0.326 e. The van der Waals surface area contributed by atoms with Crippen LogP contribution in [-0.4, -0.2) is 19.0 Å². The minimum absolute atomic E-state index is 0.152. The van der Waals surface area contributed by atoms with Gasteiger partial charge in [0.2, 0.25) is 5.91 Å². The summed E-state index contributed by atoms with van der Waals surface area (Å²) < 4.78 is 0. The normalized spacial score (nSPS) is 18.8. The Balaban J connectivity index is 1.88. The van der Waals surface area contributed by atoms with Crippen molar-refractivity contribution in [2.45, 2.75) is 46.0 Å². The number of carbonyl (C=O) groups is 1. The monoisotopic (exact) mass is 274 g/mol. The molecule has 1 fully saturated rings. The van der Waals surface area contributed by atoms with E-state index in [1.165, 1.54) is 18.4 Å². The maximum absolute atomic E-state index is 12.1. The van der Waals surface area contributed by atoms with Crippen molar-refractivity contribution in [3.8, 4) is 0 Å². The van der Waals surface area contributed by atoms with Crippen LogP contribution in [0, 0.1) is 12.8 Å². The van der Waals surface area contributed by atoms with Gasteiger partial charge in [-0.2, -0.15) is 0 Å². The summed E-state index contributed by atoms with van der Waals surface area (Å²) in [6.07, 6.45) is 5.06. The molecule has 1 amide bonds. The van der Waals surface area contributed by atoms with E-state index >= 15 is 0 Å². The third-order valence-corrected chi connectivity index (χ3v) is 4.18. The second kappa shape index (κ2) is 7.44. The molecule has 1 saturated heterocycles. The molecule has 0 spiro atoms. The van der Waals surface area contributed by atoms with Gasteiger partial charge in [0.25, 0.3) is 0 Å². The Bertz CT molecular complexity index is 450. The first-order valence-electron chi connectivity index (χ1n) is 7.79. The van der Waals surface area contributed by atoms with Gasteiger partial charge in [0.15, 0.2) is 0 Å². The molecule has 0 bridgehead atoms. The zero-order chi connectivity index (χ0) is 14.4. The van der Waals surface area contributed by atoms with E-state index in [9.17, 15) is 4.79 Å². The number of anilines is 1. The van der Waals surface area contributed by atoms with E-state index in [1.54, 1.807) is 0 Å². The maximum Gasteiger partial charge on any atom is 0.224 e. The molecule has 110 valence electrons. The average molecular weight is 274 g/mol. The SMILES string of the molecule is CCc1cccc(C)c1NC(=O)CCC1CCCNC1. The number of hydrogen-bond donors (Lipinski definition) is 2. The predicted octanol–water partition coefficient (Wildman–Crippen LogP) is 3.28. The molecule has 1 aliphatic heterocycles. The van der Waals surface area contributed by atoms with Crippen LogP contribution >= 0.6 is 0 Å². The molecule has 0 aromatic heterocycles. The standard InChI is InChI=1S/C17H26N2O/c1-3-15-8-4-6-13(2)17(15)19-16(20)10-9-14-7-5-11-18-12-14/h4,6,8,14,18H,3,5,7,9-12H2,1-2H3,(H,19,20). The lowest BCUT2D eigenvalue weighted by Crippen LogP contribution is -2.30. The van der Waals surface area contributed by atoms with Crippen molar-refractivity contribution in [3.05, 3.63) is 29.3 Å². The number of piperidine rings is 1. The molecule has 3 nitrogen and oxygen atoms in total. The van der Waals surface area contributed by atoms with Gasteiger partial charge in [-0.25, -0.2) is 0 Å². The molecule has 1 aliphatic rings. The van der Waals surface area contributed by atoms with E-state index in [0.29, 0.717) is 12.3 Å². The fraction of sp³-hybridized carbons (Fsp3) is 0.588. The van der Waals surface area contributed by atoms with Gasteiger partial charge in [-0.05, 0) is 62.7 Å². The zero-order valence-corrected chi connectivity index (χ0v) is 12.7. The molecule has 1 unspecified atom stereocenters. The lowest BCUT2D eigenvalue weighted by Gasteiger charge is -2.22. The lowest BCUT2D eigenvalue weighted by atomic mass is 9.94. The van der Waals surface area contributed by atoms with Gasteiger partial charge >= 0.3 is 0 Å². The Morgan fingerprint density at radius 1 is 1.45 bits per heavy atom. The van der Waals surface area contributed by atoms with E-state index < -0.39 is 0 Å². The van der Waals surface area contributed by atoms with Crippen LogP contribution < -0.4 is 10.6 Å². The number of aryl methyl sites for hydroxylation is 2. The van der Waals surface area contributed by atoms with Gasteiger partial charge in [-0.3, -0.25) is 4.79 Å². The van der Waals surface area contributed by atoms with Crippen LogP contribution in [0.1, 0.15) is 43.7 Å². The van der Waals surface area contributed by atoms with Gasteiger partial charge in [0.05, 0.1) is 0 Å². The van der Waals surface area contributed by atoms with Crippen LogP contribution in [0.4, 0.5) is 5.69 Å². The second-order valence-corrected chi connectivity index (χ2v) is 5.76. The molecule has 2 N–H and O–H groups in total. The summed E-state index contributed by atoms with van der Waals surface area (Å²) >= 11 is 0. The van der Waals surface area contributed by atoms with Crippen molar-refractivity contribution in [1.82, 2.24) is 5.32 Å². The van der Waals surface area contributed by atoms with Crippen molar-refractivity contribution in [2.75, 3.05) is 18.4 Å². The highest BCUT2D eigenvalue weighted by molar-refractivity contribution is 5.92. The van der Waals surface area contributed by atoms with Crippen LogP contribution in [0.2, 0.25) is 0 Å². The van der Waals surface area contributed by atoms with Gasteiger partial charge in [0.1, 0.15) is 0 Å².